The summed E-state index contributed by atoms with van der Waals surface area (Å²) >= 11 is 1.73. The van der Waals surface area contributed by atoms with Gasteiger partial charge in [0.05, 0.1) is 0 Å². The van der Waals surface area contributed by atoms with E-state index in [0.717, 1.165) is 27.9 Å². The molecule has 0 aliphatic heterocycles. The number of unbranched alkanes of at least 4 members (excludes halogenated alkanes) is 1. The lowest BCUT2D eigenvalue weighted by atomic mass is 10.1. The molecule has 1 aromatic heterocycles. The van der Waals surface area contributed by atoms with E-state index in [4.69, 9.17) is 5.26 Å². The Morgan fingerprint density at radius 3 is 3.00 bits per heavy atom. The Morgan fingerprint density at radius 1 is 1.44 bits per heavy atom. The topological polar surface area (TPSA) is 51.6 Å². The summed E-state index contributed by atoms with van der Waals surface area (Å²) in [7, 11) is 0. The van der Waals surface area contributed by atoms with Crippen LogP contribution in [0.2, 0.25) is 0 Å². The molecule has 0 unspecified atom stereocenters. The minimum atomic E-state index is 0.654. The predicted octanol–water partition coefficient (Wildman–Crippen LogP) is 4.21. The lowest BCUT2D eigenvalue weighted by Gasteiger charge is -2.05. The van der Waals surface area contributed by atoms with Gasteiger partial charge >= 0.3 is 0 Å². The van der Waals surface area contributed by atoms with E-state index in [-0.39, 0.29) is 0 Å². The number of fused-ring (bicyclic) bond motifs is 1. The highest BCUT2D eigenvalue weighted by atomic mass is 32.2. The number of hydrogen-bond donors (Lipinski definition) is 2. The number of nitrogens with zero attached hydrogens (tertiary/aromatic N) is 1. The molecule has 0 fully saturated rings. The van der Waals surface area contributed by atoms with E-state index < -0.39 is 0 Å². The van der Waals surface area contributed by atoms with Crippen LogP contribution in [0.5, 0.6) is 0 Å². The van der Waals surface area contributed by atoms with E-state index in [2.05, 4.69) is 28.8 Å². The van der Waals surface area contributed by atoms with Gasteiger partial charge in [0.15, 0.2) is 0 Å². The molecule has 1 heterocycles. The molecule has 2 aromatic rings. The molecule has 2 N–H and O–H groups in total. The predicted molar refractivity (Wildman–Crippen MR) is 78.7 cm³/mol. The Labute approximate surface area is 112 Å². The van der Waals surface area contributed by atoms with Crippen molar-refractivity contribution >= 4 is 28.5 Å². The lowest BCUT2D eigenvalue weighted by Crippen LogP contribution is -1.89. The number of hydrogen-bond acceptors (Lipinski definition) is 3. The number of benzene rings is 1. The first-order chi connectivity index (χ1) is 8.76. The number of nitrogens with one attached hydrogen (secondary N) is 2. The van der Waals surface area contributed by atoms with Crippen LogP contribution in [0.4, 0.5) is 5.69 Å². The van der Waals surface area contributed by atoms with Gasteiger partial charge in [-0.3, -0.25) is 0 Å². The molecule has 2 rings (SSSR count). The number of nitriles is 1. The van der Waals surface area contributed by atoms with Crippen LogP contribution in [-0.2, 0) is 0 Å². The zero-order valence-electron chi connectivity index (χ0n) is 10.7. The number of aromatic nitrogens is 1. The maximum atomic E-state index is 8.99. The molecule has 94 valence electrons. The average Bonchev–Trinajstić information content (AvgIpc) is 2.71. The largest absolute Gasteiger partial charge is 0.346 e. The Bertz CT molecular complexity index is 580. The van der Waals surface area contributed by atoms with E-state index in [0.29, 0.717) is 5.69 Å². The minimum Gasteiger partial charge on any atom is -0.346 e. The van der Waals surface area contributed by atoms with Crippen LogP contribution in [0, 0.1) is 18.3 Å². The molecule has 0 aliphatic carbocycles. The van der Waals surface area contributed by atoms with Crippen molar-refractivity contribution < 1.29 is 0 Å². The van der Waals surface area contributed by atoms with Gasteiger partial charge in [-0.05, 0) is 37.1 Å². The monoisotopic (exact) mass is 259 g/mol. The first kappa shape index (κ1) is 12.8. The smallest absolute Gasteiger partial charge is 0.121 e. The molecule has 0 aliphatic rings. The molecule has 0 saturated heterocycles. The van der Waals surface area contributed by atoms with E-state index >= 15 is 0 Å². The van der Waals surface area contributed by atoms with E-state index in [9.17, 15) is 0 Å². The van der Waals surface area contributed by atoms with Crippen molar-refractivity contribution in [3.05, 3.63) is 29.5 Å². The summed E-state index contributed by atoms with van der Waals surface area (Å²) in [6.45, 7) is 4.17. The molecule has 0 spiro atoms. The first-order valence-electron chi connectivity index (χ1n) is 6.16. The van der Waals surface area contributed by atoms with Gasteiger partial charge in [-0.25, -0.2) is 0 Å². The molecule has 0 radical (unpaired) electrons. The van der Waals surface area contributed by atoms with Crippen molar-refractivity contribution in [1.82, 2.24) is 4.98 Å². The van der Waals surface area contributed by atoms with Crippen LogP contribution in [0.25, 0.3) is 10.9 Å². The zero-order chi connectivity index (χ0) is 13.0. The van der Waals surface area contributed by atoms with Crippen molar-refractivity contribution in [3.63, 3.8) is 0 Å². The van der Waals surface area contributed by atoms with Crippen LogP contribution in [-0.4, -0.2) is 10.7 Å². The molecule has 4 heteroatoms. The summed E-state index contributed by atoms with van der Waals surface area (Å²) in [5.74, 6) is 1.12. The second kappa shape index (κ2) is 5.83. The minimum absolute atomic E-state index is 0.654. The van der Waals surface area contributed by atoms with Crippen molar-refractivity contribution in [2.45, 2.75) is 26.7 Å². The van der Waals surface area contributed by atoms with Crippen LogP contribution in [0.3, 0.4) is 0 Å². The van der Waals surface area contributed by atoms with Gasteiger partial charge in [0.2, 0.25) is 0 Å². The van der Waals surface area contributed by atoms with E-state index in [1.807, 2.05) is 19.1 Å². The third-order valence-corrected chi connectivity index (χ3v) is 3.83. The molecule has 3 nitrogen and oxygen atoms in total. The fourth-order valence-corrected chi connectivity index (χ4v) is 2.68. The molecule has 0 bridgehead atoms. The van der Waals surface area contributed by atoms with Gasteiger partial charge in [-0.1, -0.05) is 25.3 Å². The summed E-state index contributed by atoms with van der Waals surface area (Å²) < 4.78 is 3.35. The highest BCUT2D eigenvalue weighted by molar-refractivity contribution is 8.00. The fraction of sp³-hybridized carbons (Fsp3) is 0.357. The van der Waals surface area contributed by atoms with Gasteiger partial charge in [0.25, 0.3) is 0 Å². The maximum Gasteiger partial charge on any atom is 0.121 e. The van der Waals surface area contributed by atoms with E-state index in [1.54, 1.807) is 11.9 Å². The highest BCUT2D eigenvalue weighted by Crippen LogP contribution is 2.25. The lowest BCUT2D eigenvalue weighted by molar-refractivity contribution is 0.897. The zero-order valence-corrected chi connectivity index (χ0v) is 11.5. The number of anilines is 1. The molecule has 18 heavy (non-hydrogen) atoms. The number of aromatic amines is 1. The summed E-state index contributed by atoms with van der Waals surface area (Å²) in [4.78, 5) is 3.12. The fourth-order valence-electron chi connectivity index (χ4n) is 1.85. The summed E-state index contributed by atoms with van der Waals surface area (Å²) in [6, 6.07) is 8.34. The third kappa shape index (κ3) is 2.62. The summed E-state index contributed by atoms with van der Waals surface area (Å²) in [5.41, 5.74) is 3.79. The Kier molecular flexibility index (Phi) is 4.16. The summed E-state index contributed by atoms with van der Waals surface area (Å²) in [6.07, 6.45) is 2.44. The molecule has 0 amide bonds. The maximum absolute atomic E-state index is 8.99. The van der Waals surface area contributed by atoms with Crippen LogP contribution in [0.15, 0.2) is 18.2 Å². The number of H-pyrrole nitrogens is 1. The quantitative estimate of drug-likeness (QED) is 0.624. The van der Waals surface area contributed by atoms with Crippen molar-refractivity contribution in [1.29, 1.82) is 5.26 Å². The van der Waals surface area contributed by atoms with E-state index in [1.165, 1.54) is 12.8 Å². The van der Waals surface area contributed by atoms with Crippen LogP contribution >= 0.6 is 11.9 Å². The Morgan fingerprint density at radius 2 is 2.28 bits per heavy atom. The average molecular weight is 259 g/mol. The second-order valence-electron chi connectivity index (χ2n) is 4.30. The first-order valence-corrected chi connectivity index (χ1v) is 7.15. The molecule has 0 atom stereocenters. The molecule has 1 aromatic carbocycles. The van der Waals surface area contributed by atoms with Gasteiger partial charge in [0.1, 0.15) is 11.8 Å². The van der Waals surface area contributed by atoms with Gasteiger partial charge in [0, 0.05) is 22.3 Å². The van der Waals surface area contributed by atoms with Crippen LogP contribution in [0.1, 0.15) is 31.0 Å². The van der Waals surface area contributed by atoms with Gasteiger partial charge in [-0.2, -0.15) is 5.26 Å². The van der Waals surface area contributed by atoms with Crippen LogP contribution < -0.4 is 4.72 Å². The summed E-state index contributed by atoms with van der Waals surface area (Å²) in [5, 5.41) is 10.1. The molecule has 0 saturated carbocycles. The number of aryl methyl sites for hydroxylation is 1. The van der Waals surface area contributed by atoms with Gasteiger partial charge in [-0.15, -0.1) is 0 Å². The molecular weight excluding hydrogens is 242 g/mol. The van der Waals surface area contributed by atoms with Crippen molar-refractivity contribution in [2.75, 3.05) is 10.5 Å². The second-order valence-corrected chi connectivity index (χ2v) is 5.20. The third-order valence-electron chi connectivity index (χ3n) is 2.96. The normalized spacial score (nSPS) is 10.5. The van der Waals surface area contributed by atoms with Crippen molar-refractivity contribution in [3.8, 4) is 6.07 Å². The Hall–Kier alpha value is -1.60. The standard InChI is InChI=1S/C14H17N3S/c1-3-4-7-18-17-11-5-6-13-12(8-11)10(2)14(9-15)16-13/h5-6,8,16-17H,3-4,7H2,1-2H3. The van der Waals surface area contributed by atoms with Crippen molar-refractivity contribution in [2.24, 2.45) is 0 Å². The number of rotatable bonds is 5. The molecular formula is C14H17N3S. The SMILES string of the molecule is CCCCSNc1ccc2[nH]c(C#N)c(C)c2c1. The highest BCUT2D eigenvalue weighted by Gasteiger charge is 2.07. The Balaban J connectivity index is 2.17. The van der Waals surface area contributed by atoms with Gasteiger partial charge < -0.3 is 9.71 Å².